The Morgan fingerprint density at radius 1 is 0.793 bits per heavy atom. The van der Waals surface area contributed by atoms with Crippen LogP contribution in [-0.2, 0) is 6.42 Å². The average molecular weight is 397 g/mol. The second-order valence-electron chi connectivity index (χ2n) is 7.44. The second kappa shape index (κ2) is 13.6. The lowest BCUT2D eigenvalue weighted by atomic mass is 10.1. The van der Waals surface area contributed by atoms with Gasteiger partial charge in [-0.1, -0.05) is 77.0 Å². The molecule has 0 fully saturated rings. The zero-order chi connectivity index (χ0) is 20.7. The van der Waals surface area contributed by atoms with E-state index in [-0.39, 0.29) is 6.03 Å². The summed E-state index contributed by atoms with van der Waals surface area (Å²) in [6.45, 7) is 5.07. The highest BCUT2D eigenvalue weighted by atomic mass is 16.5. The van der Waals surface area contributed by atoms with Crippen LogP contribution in [0.4, 0.5) is 16.2 Å². The fraction of sp³-hybridized carbons (Fsp3) is 0.480. The number of amides is 2. The molecule has 0 saturated heterocycles. The van der Waals surface area contributed by atoms with Crippen molar-refractivity contribution in [3.63, 3.8) is 0 Å². The van der Waals surface area contributed by atoms with Crippen molar-refractivity contribution in [2.45, 2.75) is 71.6 Å². The number of carbonyl (C=O) groups excluding carboxylic acids is 1. The zero-order valence-electron chi connectivity index (χ0n) is 18.0. The van der Waals surface area contributed by atoms with Crippen molar-refractivity contribution in [2.24, 2.45) is 0 Å². The summed E-state index contributed by atoms with van der Waals surface area (Å²) in [6, 6.07) is 15.2. The molecule has 4 heteroatoms. The van der Waals surface area contributed by atoms with Crippen molar-refractivity contribution < 1.29 is 9.53 Å². The number of hydrogen-bond donors (Lipinski definition) is 2. The summed E-state index contributed by atoms with van der Waals surface area (Å²) >= 11 is 0. The van der Waals surface area contributed by atoms with Crippen LogP contribution in [0.25, 0.3) is 0 Å². The Labute approximate surface area is 176 Å². The number of anilines is 2. The molecule has 0 spiro atoms. The summed E-state index contributed by atoms with van der Waals surface area (Å²) in [5, 5.41) is 5.78. The van der Waals surface area contributed by atoms with Crippen molar-refractivity contribution in [1.82, 2.24) is 0 Å². The first-order chi connectivity index (χ1) is 14.2. The molecule has 0 aliphatic carbocycles. The summed E-state index contributed by atoms with van der Waals surface area (Å²) < 4.78 is 5.81. The van der Waals surface area contributed by atoms with E-state index >= 15 is 0 Å². The minimum atomic E-state index is -0.237. The topological polar surface area (TPSA) is 50.4 Å². The third kappa shape index (κ3) is 9.03. The van der Waals surface area contributed by atoms with E-state index in [1.165, 1.54) is 44.9 Å². The van der Waals surface area contributed by atoms with Gasteiger partial charge in [0.25, 0.3) is 0 Å². The Hall–Kier alpha value is -2.49. The lowest BCUT2D eigenvalue weighted by Gasteiger charge is -2.11. The van der Waals surface area contributed by atoms with Gasteiger partial charge in [-0.2, -0.15) is 0 Å². The minimum absolute atomic E-state index is 0.237. The summed E-state index contributed by atoms with van der Waals surface area (Å²) in [5.41, 5.74) is 2.71. The highest BCUT2D eigenvalue weighted by Crippen LogP contribution is 2.18. The van der Waals surface area contributed by atoms with Gasteiger partial charge in [0, 0.05) is 11.4 Å². The van der Waals surface area contributed by atoms with E-state index in [0.717, 1.165) is 42.1 Å². The quantitative estimate of drug-likeness (QED) is 0.346. The van der Waals surface area contributed by atoms with Crippen LogP contribution in [0.3, 0.4) is 0 Å². The predicted molar refractivity (Wildman–Crippen MR) is 123 cm³/mol. The predicted octanol–water partition coefficient (Wildman–Crippen LogP) is 7.41. The molecule has 4 nitrogen and oxygen atoms in total. The number of para-hydroxylation sites is 1. The van der Waals surface area contributed by atoms with Crippen LogP contribution in [0.2, 0.25) is 0 Å². The lowest BCUT2D eigenvalue weighted by molar-refractivity contribution is 0.262. The van der Waals surface area contributed by atoms with Crippen molar-refractivity contribution in [3.8, 4) is 5.75 Å². The maximum atomic E-state index is 12.2. The highest BCUT2D eigenvalue weighted by Gasteiger charge is 2.06. The first-order valence-electron chi connectivity index (χ1n) is 11.1. The lowest BCUT2D eigenvalue weighted by Crippen LogP contribution is -2.20. The molecule has 0 aromatic heterocycles. The van der Waals surface area contributed by atoms with E-state index < -0.39 is 0 Å². The fourth-order valence-corrected chi connectivity index (χ4v) is 3.30. The normalized spacial score (nSPS) is 10.6. The number of aryl methyl sites for hydroxylation is 1. The monoisotopic (exact) mass is 396 g/mol. The average Bonchev–Trinajstić information content (AvgIpc) is 2.74. The second-order valence-corrected chi connectivity index (χ2v) is 7.44. The van der Waals surface area contributed by atoms with Gasteiger partial charge in [-0.05, 0) is 48.7 Å². The zero-order valence-corrected chi connectivity index (χ0v) is 18.0. The van der Waals surface area contributed by atoms with E-state index in [2.05, 4.69) is 24.5 Å². The summed E-state index contributed by atoms with van der Waals surface area (Å²) in [4.78, 5) is 12.2. The van der Waals surface area contributed by atoms with Gasteiger partial charge in [0.15, 0.2) is 0 Å². The molecule has 0 heterocycles. The molecule has 2 rings (SSSR count). The number of unbranched alkanes of at least 4 members (excludes halogenated alkanes) is 7. The Balaban J connectivity index is 1.64. The standard InChI is InChI=1S/C25H36N2O2/c1-3-5-6-7-8-9-10-13-20-29-23-18-16-22(17-19-23)26-25(28)27-24-15-12-11-14-21(24)4-2/h11-12,14-19H,3-10,13,20H2,1-2H3,(H2,26,27,28). The summed E-state index contributed by atoms with van der Waals surface area (Å²) in [5.74, 6) is 0.843. The smallest absolute Gasteiger partial charge is 0.323 e. The molecule has 0 aliphatic rings. The van der Waals surface area contributed by atoms with E-state index in [1.807, 2.05) is 48.5 Å². The molecule has 2 aromatic carbocycles. The molecule has 0 atom stereocenters. The Morgan fingerprint density at radius 2 is 1.45 bits per heavy atom. The molecule has 2 aromatic rings. The maximum Gasteiger partial charge on any atom is 0.323 e. The van der Waals surface area contributed by atoms with Crippen LogP contribution in [-0.4, -0.2) is 12.6 Å². The van der Waals surface area contributed by atoms with Crippen LogP contribution < -0.4 is 15.4 Å². The summed E-state index contributed by atoms with van der Waals surface area (Å²) in [7, 11) is 0. The van der Waals surface area contributed by atoms with Crippen LogP contribution in [0.5, 0.6) is 5.75 Å². The molecule has 0 aliphatic heterocycles. The maximum absolute atomic E-state index is 12.2. The summed E-state index contributed by atoms with van der Waals surface area (Å²) in [6.07, 6.45) is 11.2. The largest absolute Gasteiger partial charge is 0.494 e. The molecule has 0 radical (unpaired) electrons. The number of rotatable bonds is 13. The van der Waals surface area contributed by atoms with Gasteiger partial charge in [-0.3, -0.25) is 0 Å². The number of benzene rings is 2. The van der Waals surface area contributed by atoms with E-state index in [1.54, 1.807) is 0 Å². The van der Waals surface area contributed by atoms with Gasteiger partial charge >= 0.3 is 6.03 Å². The highest BCUT2D eigenvalue weighted by molar-refractivity contribution is 6.00. The molecule has 0 bridgehead atoms. The van der Waals surface area contributed by atoms with Gasteiger partial charge in [-0.25, -0.2) is 4.79 Å². The molecule has 0 unspecified atom stereocenters. The number of hydrogen-bond acceptors (Lipinski definition) is 2. The third-order valence-corrected chi connectivity index (χ3v) is 5.03. The molecule has 2 amide bonds. The van der Waals surface area contributed by atoms with Gasteiger partial charge in [0.1, 0.15) is 5.75 Å². The molecule has 29 heavy (non-hydrogen) atoms. The first kappa shape index (κ1) is 22.8. The molecular formula is C25H36N2O2. The van der Waals surface area contributed by atoms with Crippen LogP contribution in [0.15, 0.2) is 48.5 Å². The van der Waals surface area contributed by atoms with E-state index in [4.69, 9.17) is 4.74 Å². The van der Waals surface area contributed by atoms with Crippen LogP contribution in [0.1, 0.15) is 70.8 Å². The first-order valence-corrected chi connectivity index (χ1v) is 11.1. The van der Waals surface area contributed by atoms with E-state index in [9.17, 15) is 4.79 Å². The van der Waals surface area contributed by atoms with Crippen molar-refractivity contribution in [3.05, 3.63) is 54.1 Å². The Morgan fingerprint density at radius 3 is 2.14 bits per heavy atom. The molecule has 158 valence electrons. The molecule has 0 saturated carbocycles. The SMILES string of the molecule is CCCCCCCCCCOc1ccc(NC(=O)Nc2ccccc2CC)cc1. The van der Waals surface area contributed by atoms with Crippen molar-refractivity contribution in [1.29, 1.82) is 0 Å². The van der Waals surface area contributed by atoms with E-state index in [0.29, 0.717) is 0 Å². The van der Waals surface area contributed by atoms with Gasteiger partial charge in [0.2, 0.25) is 0 Å². The van der Waals surface area contributed by atoms with Gasteiger partial charge in [0.05, 0.1) is 6.61 Å². The van der Waals surface area contributed by atoms with Gasteiger partial charge in [-0.15, -0.1) is 0 Å². The van der Waals surface area contributed by atoms with Crippen molar-refractivity contribution >= 4 is 17.4 Å². The number of urea groups is 1. The van der Waals surface area contributed by atoms with Gasteiger partial charge < -0.3 is 15.4 Å². The minimum Gasteiger partial charge on any atom is -0.494 e. The van der Waals surface area contributed by atoms with Crippen LogP contribution >= 0.6 is 0 Å². The van der Waals surface area contributed by atoms with Crippen LogP contribution in [0, 0.1) is 0 Å². The Bertz CT molecular complexity index is 713. The fourth-order valence-electron chi connectivity index (χ4n) is 3.30. The number of nitrogens with one attached hydrogen (secondary N) is 2. The number of ether oxygens (including phenoxy) is 1. The molecular weight excluding hydrogens is 360 g/mol. The Kier molecular flexibility index (Phi) is 10.7. The number of carbonyl (C=O) groups is 1. The molecule has 2 N–H and O–H groups in total. The van der Waals surface area contributed by atoms with Crippen molar-refractivity contribution in [2.75, 3.05) is 17.2 Å². The third-order valence-electron chi connectivity index (χ3n) is 5.03.